The van der Waals surface area contributed by atoms with Gasteiger partial charge in [-0.05, 0) is 23.6 Å². The molecule has 0 saturated heterocycles. The molecular formula is C11H12BrN. The lowest BCUT2D eigenvalue weighted by molar-refractivity contribution is 0.550. The summed E-state index contributed by atoms with van der Waals surface area (Å²) in [6.07, 6.45) is 3.02. The van der Waals surface area contributed by atoms with Gasteiger partial charge in [-0.25, -0.2) is 0 Å². The Morgan fingerprint density at radius 3 is 2.77 bits per heavy atom. The van der Waals surface area contributed by atoms with Crippen molar-refractivity contribution in [2.75, 3.05) is 0 Å². The van der Waals surface area contributed by atoms with Crippen LogP contribution in [0.1, 0.15) is 24.5 Å². The fourth-order valence-electron chi connectivity index (χ4n) is 1.77. The number of halogens is 1. The van der Waals surface area contributed by atoms with E-state index < -0.39 is 0 Å². The monoisotopic (exact) mass is 237 g/mol. The van der Waals surface area contributed by atoms with Crippen molar-refractivity contribution in [3.63, 3.8) is 0 Å². The lowest BCUT2D eigenvalue weighted by Crippen LogP contribution is -2.31. The van der Waals surface area contributed by atoms with E-state index in [1.807, 2.05) is 12.1 Å². The molecule has 1 nitrogen and oxygen atoms in total. The smallest absolute Gasteiger partial charge is 0.0613 e. The zero-order valence-corrected chi connectivity index (χ0v) is 9.14. The molecule has 0 heterocycles. The van der Waals surface area contributed by atoms with Crippen LogP contribution in [-0.2, 0) is 5.54 Å². The van der Waals surface area contributed by atoms with Crippen LogP contribution in [0.25, 0.3) is 4.48 Å². The fraction of sp³-hybridized carbons (Fsp3) is 0.273. The van der Waals surface area contributed by atoms with Crippen molar-refractivity contribution >= 4 is 20.4 Å². The molecule has 0 spiro atoms. The summed E-state index contributed by atoms with van der Waals surface area (Å²) in [7, 11) is 0. The van der Waals surface area contributed by atoms with E-state index in [9.17, 15) is 0 Å². The second kappa shape index (κ2) is 2.96. The number of nitrogens with two attached hydrogens (primary N) is 1. The standard InChI is InChI=1S/C11H12BrN/c1-2-11(13)7-10(12)8-5-3-4-6-9(8)11/h3-7H,2,13H2,1H3/t11-/m1/s1. The van der Waals surface area contributed by atoms with Gasteiger partial charge in [0, 0.05) is 4.48 Å². The molecule has 0 aliphatic heterocycles. The summed E-state index contributed by atoms with van der Waals surface area (Å²) in [4.78, 5) is 0. The maximum Gasteiger partial charge on any atom is 0.0613 e. The van der Waals surface area contributed by atoms with E-state index in [2.05, 4.69) is 41.1 Å². The van der Waals surface area contributed by atoms with Gasteiger partial charge >= 0.3 is 0 Å². The summed E-state index contributed by atoms with van der Waals surface area (Å²) in [6, 6.07) is 8.27. The molecule has 0 radical (unpaired) electrons. The van der Waals surface area contributed by atoms with Crippen LogP contribution in [0, 0.1) is 0 Å². The summed E-state index contributed by atoms with van der Waals surface area (Å²) >= 11 is 3.53. The highest BCUT2D eigenvalue weighted by Crippen LogP contribution is 2.41. The molecule has 1 aliphatic carbocycles. The second-order valence-electron chi connectivity index (χ2n) is 3.43. The second-order valence-corrected chi connectivity index (χ2v) is 4.29. The van der Waals surface area contributed by atoms with Gasteiger partial charge < -0.3 is 5.73 Å². The van der Waals surface area contributed by atoms with Crippen LogP contribution in [0.2, 0.25) is 0 Å². The topological polar surface area (TPSA) is 26.0 Å². The lowest BCUT2D eigenvalue weighted by Gasteiger charge is -2.21. The summed E-state index contributed by atoms with van der Waals surface area (Å²) in [5, 5.41) is 0. The van der Waals surface area contributed by atoms with E-state index in [0.29, 0.717) is 0 Å². The van der Waals surface area contributed by atoms with Gasteiger partial charge in [-0.15, -0.1) is 0 Å². The van der Waals surface area contributed by atoms with E-state index >= 15 is 0 Å². The molecule has 1 aromatic carbocycles. The Morgan fingerprint density at radius 2 is 2.08 bits per heavy atom. The minimum Gasteiger partial charge on any atom is -0.318 e. The van der Waals surface area contributed by atoms with Gasteiger partial charge in [-0.3, -0.25) is 0 Å². The molecule has 13 heavy (non-hydrogen) atoms. The zero-order chi connectivity index (χ0) is 9.47. The van der Waals surface area contributed by atoms with Gasteiger partial charge in [0.2, 0.25) is 0 Å². The van der Waals surface area contributed by atoms with Gasteiger partial charge in [-0.1, -0.05) is 47.1 Å². The van der Waals surface area contributed by atoms with Gasteiger partial charge in [0.25, 0.3) is 0 Å². The van der Waals surface area contributed by atoms with Crippen molar-refractivity contribution in [1.29, 1.82) is 0 Å². The normalized spacial score (nSPS) is 25.6. The summed E-state index contributed by atoms with van der Waals surface area (Å²) in [6.45, 7) is 2.11. The Morgan fingerprint density at radius 1 is 1.38 bits per heavy atom. The lowest BCUT2D eigenvalue weighted by atomic mass is 9.91. The third-order valence-electron chi connectivity index (χ3n) is 2.66. The highest BCUT2D eigenvalue weighted by Gasteiger charge is 2.31. The third kappa shape index (κ3) is 1.25. The minimum absolute atomic E-state index is 0.268. The van der Waals surface area contributed by atoms with Crippen LogP contribution in [0.4, 0.5) is 0 Å². The predicted molar refractivity (Wildman–Crippen MR) is 59.5 cm³/mol. The molecule has 1 aliphatic rings. The molecule has 2 rings (SSSR count). The Kier molecular flexibility index (Phi) is 2.05. The molecule has 68 valence electrons. The van der Waals surface area contributed by atoms with Crippen molar-refractivity contribution in [2.24, 2.45) is 5.73 Å². The van der Waals surface area contributed by atoms with E-state index in [1.54, 1.807) is 0 Å². The molecule has 2 heteroatoms. The molecule has 0 fully saturated rings. The minimum atomic E-state index is -0.268. The van der Waals surface area contributed by atoms with Crippen LogP contribution in [0.3, 0.4) is 0 Å². The number of hydrogen-bond donors (Lipinski definition) is 1. The Balaban J connectivity index is 2.62. The molecule has 0 saturated carbocycles. The average molecular weight is 238 g/mol. The molecule has 0 amide bonds. The Bertz CT molecular complexity index is 370. The molecule has 2 N–H and O–H groups in total. The first kappa shape index (κ1) is 8.97. The van der Waals surface area contributed by atoms with Crippen molar-refractivity contribution < 1.29 is 0 Å². The average Bonchev–Trinajstić information content (AvgIpc) is 2.42. The quantitative estimate of drug-likeness (QED) is 0.799. The van der Waals surface area contributed by atoms with Crippen molar-refractivity contribution in [3.05, 3.63) is 41.5 Å². The summed E-state index contributed by atoms with van der Waals surface area (Å²) in [5.41, 5.74) is 8.44. The van der Waals surface area contributed by atoms with Gasteiger partial charge in [0.15, 0.2) is 0 Å². The molecule has 0 bridgehead atoms. The maximum absolute atomic E-state index is 6.25. The van der Waals surface area contributed by atoms with Crippen LogP contribution in [0.15, 0.2) is 30.3 Å². The van der Waals surface area contributed by atoms with E-state index in [0.717, 1.165) is 10.9 Å². The largest absolute Gasteiger partial charge is 0.318 e. The Hall–Kier alpha value is -0.600. The van der Waals surface area contributed by atoms with Gasteiger partial charge in [-0.2, -0.15) is 0 Å². The van der Waals surface area contributed by atoms with Crippen molar-refractivity contribution in [3.8, 4) is 0 Å². The summed E-state index contributed by atoms with van der Waals surface area (Å²) in [5.74, 6) is 0. The van der Waals surface area contributed by atoms with Crippen molar-refractivity contribution in [2.45, 2.75) is 18.9 Å². The highest BCUT2D eigenvalue weighted by molar-refractivity contribution is 9.15. The maximum atomic E-state index is 6.25. The van der Waals surface area contributed by atoms with E-state index in [-0.39, 0.29) is 5.54 Å². The number of fused-ring (bicyclic) bond motifs is 1. The molecule has 1 atom stereocenters. The highest BCUT2D eigenvalue weighted by atomic mass is 79.9. The van der Waals surface area contributed by atoms with E-state index in [4.69, 9.17) is 5.73 Å². The first-order valence-electron chi connectivity index (χ1n) is 4.44. The molecule has 0 unspecified atom stereocenters. The SMILES string of the molecule is CC[C@@]1(N)C=C(Br)c2ccccc21. The van der Waals surface area contributed by atoms with Gasteiger partial charge in [0.1, 0.15) is 0 Å². The Labute approximate surface area is 86.8 Å². The number of hydrogen-bond acceptors (Lipinski definition) is 1. The predicted octanol–water partition coefficient (Wildman–Crippen LogP) is 3.00. The zero-order valence-electron chi connectivity index (χ0n) is 7.55. The van der Waals surface area contributed by atoms with Crippen LogP contribution in [-0.4, -0.2) is 0 Å². The summed E-state index contributed by atoms with van der Waals surface area (Å²) < 4.78 is 1.12. The molecule has 0 aromatic heterocycles. The number of benzene rings is 1. The van der Waals surface area contributed by atoms with Gasteiger partial charge in [0.05, 0.1) is 5.54 Å². The molecule has 1 aromatic rings. The fourth-order valence-corrected chi connectivity index (χ4v) is 2.53. The molecular weight excluding hydrogens is 226 g/mol. The van der Waals surface area contributed by atoms with Crippen LogP contribution in [0.5, 0.6) is 0 Å². The van der Waals surface area contributed by atoms with E-state index in [1.165, 1.54) is 11.1 Å². The van der Waals surface area contributed by atoms with Crippen molar-refractivity contribution in [1.82, 2.24) is 0 Å². The first-order valence-corrected chi connectivity index (χ1v) is 5.24. The van der Waals surface area contributed by atoms with Crippen LogP contribution < -0.4 is 5.73 Å². The first-order chi connectivity index (χ1) is 6.17. The van der Waals surface area contributed by atoms with Crippen LogP contribution >= 0.6 is 15.9 Å². The number of rotatable bonds is 1. The third-order valence-corrected chi connectivity index (χ3v) is 3.31.